The fraction of sp³-hybridized carbons (Fsp3) is 0.500. The molecule has 1 fully saturated rings. The van der Waals surface area contributed by atoms with Gasteiger partial charge < -0.3 is 9.64 Å². The number of hydrogen-bond acceptors (Lipinski definition) is 2. The first-order valence-corrected chi connectivity index (χ1v) is 5.21. The van der Waals surface area contributed by atoms with Crippen molar-refractivity contribution in [2.45, 2.75) is 26.1 Å². The molecular formula is C12H17NO. The number of ether oxygens (including phenoxy) is 1. The van der Waals surface area contributed by atoms with Gasteiger partial charge in [0.25, 0.3) is 0 Å². The predicted molar refractivity (Wildman–Crippen MR) is 58.7 cm³/mol. The van der Waals surface area contributed by atoms with E-state index in [0.29, 0.717) is 12.2 Å². The van der Waals surface area contributed by atoms with E-state index in [2.05, 4.69) is 49.1 Å². The Hall–Kier alpha value is -1.02. The van der Waals surface area contributed by atoms with Crippen LogP contribution in [0.1, 0.15) is 13.8 Å². The normalized spacial score (nSPS) is 27.7. The van der Waals surface area contributed by atoms with E-state index in [1.807, 2.05) is 0 Å². The molecule has 0 aromatic heterocycles. The maximum absolute atomic E-state index is 5.70. The standard InChI is InChI=1S/C12H17NO/c1-10-8-13(9-11(2)14-10)12-6-4-3-5-7-12/h3-7,10-11H,8-9H2,1-2H3. The highest BCUT2D eigenvalue weighted by molar-refractivity contribution is 5.46. The predicted octanol–water partition coefficient (Wildman–Crippen LogP) is 2.30. The highest BCUT2D eigenvalue weighted by Gasteiger charge is 2.21. The van der Waals surface area contributed by atoms with Gasteiger partial charge in [0.15, 0.2) is 0 Å². The molecule has 2 unspecified atom stereocenters. The number of nitrogens with zero attached hydrogens (tertiary/aromatic N) is 1. The van der Waals surface area contributed by atoms with Gasteiger partial charge in [-0.2, -0.15) is 0 Å². The van der Waals surface area contributed by atoms with E-state index in [-0.39, 0.29) is 0 Å². The van der Waals surface area contributed by atoms with Gasteiger partial charge in [0.05, 0.1) is 12.2 Å². The molecule has 0 bridgehead atoms. The molecule has 0 N–H and O–H groups in total. The van der Waals surface area contributed by atoms with E-state index in [0.717, 1.165) is 13.1 Å². The Morgan fingerprint density at radius 3 is 2.21 bits per heavy atom. The van der Waals surface area contributed by atoms with Crippen LogP contribution in [0.5, 0.6) is 0 Å². The lowest BCUT2D eigenvalue weighted by Crippen LogP contribution is -2.45. The van der Waals surface area contributed by atoms with Gasteiger partial charge in [-0.05, 0) is 26.0 Å². The van der Waals surface area contributed by atoms with Crippen molar-refractivity contribution < 1.29 is 4.74 Å². The number of morpholine rings is 1. The molecule has 2 atom stereocenters. The first-order valence-electron chi connectivity index (χ1n) is 5.21. The van der Waals surface area contributed by atoms with Crippen LogP contribution in [0, 0.1) is 0 Å². The van der Waals surface area contributed by atoms with Crippen LogP contribution in [-0.2, 0) is 4.74 Å². The molecule has 1 heterocycles. The van der Waals surface area contributed by atoms with Crippen molar-refractivity contribution in [3.63, 3.8) is 0 Å². The third-order valence-corrected chi connectivity index (χ3v) is 2.54. The van der Waals surface area contributed by atoms with Gasteiger partial charge in [-0.15, -0.1) is 0 Å². The number of benzene rings is 1. The third-order valence-electron chi connectivity index (χ3n) is 2.54. The first kappa shape index (κ1) is 9.53. The van der Waals surface area contributed by atoms with Crippen molar-refractivity contribution in [2.24, 2.45) is 0 Å². The fourth-order valence-electron chi connectivity index (χ4n) is 2.03. The van der Waals surface area contributed by atoms with Crippen molar-refractivity contribution >= 4 is 5.69 Å². The Bertz CT molecular complexity index is 276. The van der Waals surface area contributed by atoms with E-state index in [4.69, 9.17) is 4.74 Å². The Kier molecular flexibility index (Phi) is 2.73. The van der Waals surface area contributed by atoms with Crippen LogP contribution in [0.3, 0.4) is 0 Å². The molecule has 1 aromatic rings. The Labute approximate surface area is 85.5 Å². The van der Waals surface area contributed by atoms with Gasteiger partial charge in [-0.3, -0.25) is 0 Å². The van der Waals surface area contributed by atoms with Crippen LogP contribution in [-0.4, -0.2) is 25.3 Å². The second-order valence-electron chi connectivity index (χ2n) is 4.00. The quantitative estimate of drug-likeness (QED) is 0.675. The van der Waals surface area contributed by atoms with Gasteiger partial charge in [-0.25, -0.2) is 0 Å². The minimum atomic E-state index is 0.332. The monoisotopic (exact) mass is 191 g/mol. The van der Waals surface area contributed by atoms with Crippen LogP contribution in [0.15, 0.2) is 30.3 Å². The molecule has 1 aliphatic heterocycles. The van der Waals surface area contributed by atoms with Crippen LogP contribution in [0.4, 0.5) is 5.69 Å². The second kappa shape index (κ2) is 4.01. The Morgan fingerprint density at radius 2 is 1.64 bits per heavy atom. The average Bonchev–Trinajstić information content (AvgIpc) is 2.18. The summed E-state index contributed by atoms with van der Waals surface area (Å²) in [6.07, 6.45) is 0.665. The van der Waals surface area contributed by atoms with Crippen molar-refractivity contribution in [2.75, 3.05) is 18.0 Å². The summed E-state index contributed by atoms with van der Waals surface area (Å²) in [5.74, 6) is 0. The minimum absolute atomic E-state index is 0.332. The second-order valence-corrected chi connectivity index (χ2v) is 4.00. The summed E-state index contributed by atoms with van der Waals surface area (Å²) < 4.78 is 5.70. The number of anilines is 1. The maximum atomic E-state index is 5.70. The topological polar surface area (TPSA) is 12.5 Å². The van der Waals surface area contributed by atoms with E-state index >= 15 is 0 Å². The molecule has 2 heteroatoms. The molecule has 1 saturated heterocycles. The van der Waals surface area contributed by atoms with Gasteiger partial charge >= 0.3 is 0 Å². The summed E-state index contributed by atoms with van der Waals surface area (Å²) in [4.78, 5) is 2.39. The highest BCUT2D eigenvalue weighted by atomic mass is 16.5. The van der Waals surface area contributed by atoms with Gasteiger partial charge in [-0.1, -0.05) is 18.2 Å². The molecule has 1 aliphatic rings. The summed E-state index contributed by atoms with van der Waals surface area (Å²) in [7, 11) is 0. The van der Waals surface area contributed by atoms with Crippen molar-refractivity contribution in [1.82, 2.24) is 0 Å². The first-order chi connectivity index (χ1) is 6.75. The van der Waals surface area contributed by atoms with Crippen LogP contribution in [0.2, 0.25) is 0 Å². The van der Waals surface area contributed by atoms with Crippen molar-refractivity contribution in [3.8, 4) is 0 Å². The summed E-state index contributed by atoms with van der Waals surface area (Å²) >= 11 is 0. The summed E-state index contributed by atoms with van der Waals surface area (Å²) in [6.45, 7) is 6.25. The van der Waals surface area contributed by atoms with Crippen LogP contribution in [0.25, 0.3) is 0 Å². The lowest BCUT2D eigenvalue weighted by atomic mass is 10.2. The molecule has 0 radical (unpaired) electrons. The molecular weight excluding hydrogens is 174 g/mol. The lowest BCUT2D eigenvalue weighted by Gasteiger charge is -2.36. The van der Waals surface area contributed by atoms with Gasteiger partial charge in [0.1, 0.15) is 0 Å². The molecule has 0 aliphatic carbocycles. The maximum Gasteiger partial charge on any atom is 0.0726 e. The highest BCUT2D eigenvalue weighted by Crippen LogP contribution is 2.19. The zero-order chi connectivity index (χ0) is 9.97. The minimum Gasteiger partial charge on any atom is -0.372 e. The number of hydrogen-bond donors (Lipinski definition) is 0. The fourth-order valence-corrected chi connectivity index (χ4v) is 2.03. The Morgan fingerprint density at radius 1 is 1.07 bits per heavy atom. The van der Waals surface area contributed by atoms with E-state index in [9.17, 15) is 0 Å². The zero-order valence-corrected chi connectivity index (χ0v) is 8.81. The third kappa shape index (κ3) is 2.07. The van der Waals surface area contributed by atoms with E-state index in [1.165, 1.54) is 5.69 Å². The molecule has 0 saturated carbocycles. The molecule has 2 rings (SSSR count). The zero-order valence-electron chi connectivity index (χ0n) is 8.81. The molecule has 76 valence electrons. The van der Waals surface area contributed by atoms with E-state index < -0.39 is 0 Å². The number of rotatable bonds is 1. The molecule has 14 heavy (non-hydrogen) atoms. The Balaban J connectivity index is 2.11. The SMILES string of the molecule is CC1CN(c2ccccc2)CC(C)O1. The van der Waals surface area contributed by atoms with E-state index in [1.54, 1.807) is 0 Å². The summed E-state index contributed by atoms with van der Waals surface area (Å²) in [5.41, 5.74) is 1.30. The molecule has 1 aromatic carbocycles. The lowest BCUT2D eigenvalue weighted by molar-refractivity contribution is -0.00521. The molecule has 0 spiro atoms. The smallest absolute Gasteiger partial charge is 0.0726 e. The molecule has 2 nitrogen and oxygen atoms in total. The van der Waals surface area contributed by atoms with Crippen molar-refractivity contribution in [1.29, 1.82) is 0 Å². The van der Waals surface area contributed by atoms with Crippen LogP contribution < -0.4 is 4.90 Å². The summed E-state index contributed by atoms with van der Waals surface area (Å²) in [5, 5.41) is 0. The number of para-hydroxylation sites is 1. The van der Waals surface area contributed by atoms with Gasteiger partial charge in [0.2, 0.25) is 0 Å². The van der Waals surface area contributed by atoms with Crippen LogP contribution >= 0.6 is 0 Å². The molecule has 0 amide bonds. The average molecular weight is 191 g/mol. The largest absolute Gasteiger partial charge is 0.372 e. The van der Waals surface area contributed by atoms with Gasteiger partial charge in [0, 0.05) is 18.8 Å². The summed E-state index contributed by atoms with van der Waals surface area (Å²) in [6, 6.07) is 10.5. The van der Waals surface area contributed by atoms with Crippen molar-refractivity contribution in [3.05, 3.63) is 30.3 Å².